The van der Waals surface area contributed by atoms with Gasteiger partial charge in [0.25, 0.3) is 0 Å². The third-order valence-electron chi connectivity index (χ3n) is 0.891. The summed E-state index contributed by atoms with van der Waals surface area (Å²) in [7, 11) is 5.21. The first-order valence-corrected chi connectivity index (χ1v) is 1.89. The molecule has 0 saturated carbocycles. The van der Waals surface area contributed by atoms with Gasteiger partial charge in [0.2, 0.25) is 0 Å². The highest BCUT2D eigenvalue weighted by Crippen LogP contribution is 2.00. The lowest BCUT2D eigenvalue weighted by Gasteiger charge is -2.24. The number of hydrogen-bond donors (Lipinski definition) is 0. The Balaban J connectivity index is 2.08. The average molecular weight is 69.1 g/mol. The monoisotopic (exact) mass is 69.1 g/mol. The maximum absolute atomic E-state index is 5.21. The summed E-state index contributed by atoms with van der Waals surface area (Å²) in [5, 5.41) is 0. The Morgan fingerprint density at radius 2 is 1.80 bits per heavy atom. The lowest BCUT2D eigenvalue weighted by molar-refractivity contribution is 0.259. The number of likely N-dealkylation sites (tertiary alicyclic amines) is 1. The van der Waals surface area contributed by atoms with Crippen LogP contribution in [0, 0.1) is 7.05 Å². The molecule has 0 spiro atoms. The quantitative estimate of drug-likeness (QED) is 0.397. The van der Waals surface area contributed by atoms with Crippen LogP contribution in [0.3, 0.4) is 0 Å². The van der Waals surface area contributed by atoms with Crippen molar-refractivity contribution in [3.05, 3.63) is 7.05 Å². The summed E-state index contributed by atoms with van der Waals surface area (Å²) in [6.45, 7) is 2.19. The molecule has 0 N–H and O–H groups in total. The van der Waals surface area contributed by atoms with Crippen LogP contribution < -0.4 is 0 Å². The number of nitrogens with zero attached hydrogens (tertiary/aromatic N) is 1. The highest BCUT2D eigenvalue weighted by molar-refractivity contribution is 4.65. The number of rotatable bonds is 0. The van der Waals surface area contributed by atoms with Crippen LogP contribution >= 0.6 is 0 Å². The fourth-order valence-corrected chi connectivity index (χ4v) is 0.341. The average Bonchev–Trinajstić information content (AvgIpc) is 1.30. The molecule has 0 aromatic heterocycles. The van der Waals surface area contributed by atoms with Crippen LogP contribution in [0.4, 0.5) is 0 Å². The molecule has 0 aliphatic carbocycles. The van der Waals surface area contributed by atoms with Crippen LogP contribution in [-0.2, 0) is 0 Å². The van der Waals surface area contributed by atoms with Gasteiger partial charge in [-0.25, -0.2) is 0 Å². The van der Waals surface area contributed by atoms with E-state index in [1.807, 2.05) is 0 Å². The summed E-state index contributed by atoms with van der Waals surface area (Å²) >= 11 is 0. The van der Waals surface area contributed by atoms with Crippen molar-refractivity contribution in [1.82, 2.24) is 4.90 Å². The smallest absolute Gasteiger partial charge is 0.0438 e. The fraction of sp³-hybridized carbons (Fsp3) is 0.750. The number of hydrogen-bond acceptors (Lipinski definition) is 1. The largest absolute Gasteiger partial charge is 0.297 e. The predicted octanol–water partition coefficient (Wildman–Crippen LogP) is 0.361. The van der Waals surface area contributed by atoms with Crippen LogP contribution in [0.2, 0.25) is 0 Å². The molecule has 1 rings (SSSR count). The van der Waals surface area contributed by atoms with Gasteiger partial charge >= 0.3 is 0 Å². The van der Waals surface area contributed by atoms with E-state index in [9.17, 15) is 0 Å². The first-order chi connectivity index (χ1) is 2.39. The second-order valence-electron chi connectivity index (χ2n) is 1.39. The van der Waals surface area contributed by atoms with Gasteiger partial charge in [0.15, 0.2) is 0 Å². The molecule has 1 aliphatic heterocycles. The second-order valence-corrected chi connectivity index (χ2v) is 1.39. The molecule has 0 unspecified atom stereocenters. The lowest BCUT2D eigenvalue weighted by Crippen LogP contribution is -2.30. The minimum absolute atomic E-state index is 1.10. The molecule has 1 nitrogen and oxygen atoms in total. The maximum atomic E-state index is 5.21. The zero-order valence-corrected chi connectivity index (χ0v) is 3.15. The van der Waals surface area contributed by atoms with Crippen molar-refractivity contribution < 1.29 is 0 Å². The Morgan fingerprint density at radius 3 is 1.80 bits per heavy atom. The van der Waals surface area contributed by atoms with Crippen LogP contribution in [0.5, 0.6) is 0 Å². The molecule has 1 fully saturated rings. The minimum atomic E-state index is 1.10. The Labute approximate surface area is 32.6 Å². The van der Waals surface area contributed by atoms with Crippen molar-refractivity contribution >= 4 is 0 Å². The van der Waals surface area contributed by atoms with Crippen molar-refractivity contribution in [3.63, 3.8) is 0 Å². The molecule has 1 heterocycles. The molecule has 1 aliphatic rings. The van der Waals surface area contributed by atoms with Gasteiger partial charge in [-0.15, -0.1) is 0 Å². The predicted molar refractivity (Wildman–Crippen MR) is 20.5 cm³/mol. The van der Waals surface area contributed by atoms with E-state index in [1.165, 1.54) is 6.42 Å². The van der Waals surface area contributed by atoms with E-state index in [4.69, 9.17) is 7.05 Å². The van der Waals surface area contributed by atoms with Gasteiger partial charge in [-0.3, -0.25) is 4.90 Å². The summed E-state index contributed by atoms with van der Waals surface area (Å²) in [4.78, 5) is 1.81. The molecule has 5 heavy (non-hydrogen) atoms. The molecule has 2 radical (unpaired) electrons. The molecule has 0 bridgehead atoms. The van der Waals surface area contributed by atoms with Crippen LogP contribution in [0.25, 0.3) is 0 Å². The normalized spacial score (nSPS) is 25.8. The zero-order valence-electron chi connectivity index (χ0n) is 3.15. The van der Waals surface area contributed by atoms with E-state index >= 15 is 0 Å². The molecule has 1 heteroatoms. The van der Waals surface area contributed by atoms with Gasteiger partial charge in [0.1, 0.15) is 0 Å². The van der Waals surface area contributed by atoms with Gasteiger partial charge in [-0.05, 0) is 19.5 Å². The molecule has 0 amide bonds. The standard InChI is InChI=1S/C4H7N/c1-5-3-2-4-5/h1H,2-4H2. The SMILES string of the molecule is [CH]N1CCC1. The lowest BCUT2D eigenvalue weighted by atomic mass is 10.3. The van der Waals surface area contributed by atoms with Crippen LogP contribution in [0.1, 0.15) is 6.42 Å². The van der Waals surface area contributed by atoms with Crippen molar-refractivity contribution in [2.45, 2.75) is 6.42 Å². The summed E-state index contributed by atoms with van der Waals surface area (Å²) in [5.74, 6) is 0. The highest BCUT2D eigenvalue weighted by Gasteiger charge is 2.05. The summed E-state index contributed by atoms with van der Waals surface area (Å²) in [6.07, 6.45) is 1.29. The topological polar surface area (TPSA) is 3.24 Å². The molecular formula is C4H7N. The first kappa shape index (κ1) is 3.16. The Morgan fingerprint density at radius 1 is 1.40 bits per heavy atom. The molecule has 0 atom stereocenters. The summed E-state index contributed by atoms with van der Waals surface area (Å²) < 4.78 is 0. The molecule has 0 aromatic carbocycles. The van der Waals surface area contributed by atoms with Gasteiger partial charge in [-0.2, -0.15) is 0 Å². The molecule has 0 aromatic rings. The van der Waals surface area contributed by atoms with E-state index < -0.39 is 0 Å². The van der Waals surface area contributed by atoms with Crippen molar-refractivity contribution in [1.29, 1.82) is 0 Å². The molecule has 1 saturated heterocycles. The van der Waals surface area contributed by atoms with Gasteiger partial charge < -0.3 is 0 Å². The third kappa shape index (κ3) is 0.428. The van der Waals surface area contributed by atoms with E-state index in [1.54, 1.807) is 4.90 Å². The minimum Gasteiger partial charge on any atom is -0.297 e. The Kier molecular flexibility index (Phi) is 0.618. The Bertz CT molecular complexity index is 30.6. The van der Waals surface area contributed by atoms with E-state index in [2.05, 4.69) is 0 Å². The van der Waals surface area contributed by atoms with Crippen molar-refractivity contribution in [3.8, 4) is 0 Å². The highest BCUT2D eigenvalue weighted by atomic mass is 15.1. The Hall–Kier alpha value is -0.0400. The van der Waals surface area contributed by atoms with Gasteiger partial charge in [0, 0.05) is 7.05 Å². The third-order valence-corrected chi connectivity index (χ3v) is 0.891. The maximum Gasteiger partial charge on any atom is 0.0438 e. The van der Waals surface area contributed by atoms with Crippen LogP contribution in [-0.4, -0.2) is 18.0 Å². The van der Waals surface area contributed by atoms with E-state index in [0.29, 0.717) is 0 Å². The van der Waals surface area contributed by atoms with Crippen molar-refractivity contribution in [2.75, 3.05) is 13.1 Å². The first-order valence-electron chi connectivity index (χ1n) is 1.89. The fourth-order valence-electron chi connectivity index (χ4n) is 0.341. The van der Waals surface area contributed by atoms with Crippen LogP contribution in [0.15, 0.2) is 0 Å². The second kappa shape index (κ2) is 0.977. The molecular weight excluding hydrogens is 62.1 g/mol. The summed E-state index contributed by atoms with van der Waals surface area (Å²) in [6, 6.07) is 0. The molecule has 28 valence electrons. The van der Waals surface area contributed by atoms with Gasteiger partial charge in [0.05, 0.1) is 0 Å². The van der Waals surface area contributed by atoms with Gasteiger partial charge in [-0.1, -0.05) is 0 Å². The van der Waals surface area contributed by atoms with E-state index in [0.717, 1.165) is 13.1 Å². The van der Waals surface area contributed by atoms with E-state index in [-0.39, 0.29) is 0 Å². The zero-order chi connectivity index (χ0) is 3.70. The van der Waals surface area contributed by atoms with Crippen molar-refractivity contribution in [2.24, 2.45) is 0 Å². The summed E-state index contributed by atoms with van der Waals surface area (Å²) in [5.41, 5.74) is 0.